The lowest BCUT2D eigenvalue weighted by Crippen LogP contribution is -2.72. The number of benzene rings is 1. The van der Waals surface area contributed by atoms with Crippen molar-refractivity contribution in [1.29, 1.82) is 0 Å². The van der Waals surface area contributed by atoms with Crippen LogP contribution in [0.25, 0.3) is 0 Å². The van der Waals surface area contributed by atoms with E-state index >= 15 is 0 Å². The van der Waals surface area contributed by atoms with Crippen molar-refractivity contribution < 1.29 is 34.0 Å². The number of carbonyl (C=O) groups is 2. The molecule has 1 aromatic heterocycles. The minimum absolute atomic E-state index is 0.0627. The fraction of sp³-hybridized carbons (Fsp3) is 0.676. The van der Waals surface area contributed by atoms with Crippen LogP contribution in [0.5, 0.6) is 0 Å². The van der Waals surface area contributed by atoms with E-state index in [0.717, 1.165) is 6.42 Å². The molecule has 2 N–H and O–H groups in total. The molecule has 10 heteroatoms. The molecule has 0 amide bonds. The van der Waals surface area contributed by atoms with Crippen LogP contribution in [0.3, 0.4) is 0 Å². The highest BCUT2D eigenvalue weighted by Gasteiger charge is 2.77. The normalized spacial score (nSPS) is 42.4. The summed E-state index contributed by atoms with van der Waals surface area (Å²) in [5.74, 6) is -1.05. The number of carbonyl (C=O) groups excluding carboxylic acids is 2. The van der Waals surface area contributed by atoms with E-state index < -0.39 is 28.9 Å². The maximum absolute atomic E-state index is 14.4. The molecule has 12 atom stereocenters. The predicted octanol–water partition coefficient (Wildman–Crippen LogP) is 5.66. The van der Waals surface area contributed by atoms with Gasteiger partial charge in [-0.2, -0.15) is 0 Å². The molecule has 2 aromatic rings. The fourth-order valence-corrected chi connectivity index (χ4v) is 12.2. The maximum Gasteiger partial charge on any atom is 0.339 e. The Labute approximate surface area is 286 Å². The molecular weight excluding hydrogens is 638 g/mol. The summed E-state index contributed by atoms with van der Waals surface area (Å²) in [6.45, 7) is 7.71. The summed E-state index contributed by atoms with van der Waals surface area (Å²) in [5, 5.41) is 26.0. The predicted molar refractivity (Wildman–Crippen MR) is 180 cm³/mol. The fourth-order valence-electron chi connectivity index (χ4n) is 11.3. The summed E-state index contributed by atoms with van der Waals surface area (Å²) < 4.78 is 19.8. The minimum atomic E-state index is -1.45. The van der Waals surface area contributed by atoms with E-state index in [0.29, 0.717) is 59.1 Å². The molecule has 4 unspecified atom stereocenters. The van der Waals surface area contributed by atoms with Gasteiger partial charge in [0.2, 0.25) is 0 Å². The number of halogens is 1. The van der Waals surface area contributed by atoms with Gasteiger partial charge in [-0.1, -0.05) is 43.6 Å². The maximum atomic E-state index is 14.4. The Morgan fingerprint density at radius 3 is 2.49 bits per heavy atom. The van der Waals surface area contributed by atoms with E-state index in [4.69, 9.17) is 25.8 Å². The summed E-state index contributed by atoms with van der Waals surface area (Å²) in [7, 11) is 3.41. The lowest BCUT2D eigenvalue weighted by molar-refractivity contribution is -0.275. The van der Waals surface area contributed by atoms with Crippen LogP contribution in [0.1, 0.15) is 78.5 Å². The van der Waals surface area contributed by atoms with Gasteiger partial charge in [0.05, 0.1) is 27.0 Å². The number of aliphatic hydroxyl groups is 2. The second kappa shape index (κ2) is 12.2. The number of methoxy groups -OCH3 is 2. The third kappa shape index (κ3) is 4.93. The van der Waals surface area contributed by atoms with Crippen molar-refractivity contribution in [2.75, 3.05) is 27.3 Å². The number of fused-ring (bicyclic) bond motifs is 4. The number of esters is 1. The summed E-state index contributed by atoms with van der Waals surface area (Å²) in [6, 6.07) is 10.6. The van der Waals surface area contributed by atoms with Crippen LogP contribution in [0.15, 0.2) is 36.4 Å². The first-order valence-corrected chi connectivity index (χ1v) is 18.5. The summed E-state index contributed by atoms with van der Waals surface area (Å²) in [5.41, 5.74) is -2.68. The van der Waals surface area contributed by atoms with Crippen molar-refractivity contribution in [3.05, 3.63) is 56.7 Å². The highest BCUT2D eigenvalue weighted by atomic mass is 35.5. The van der Waals surface area contributed by atoms with E-state index in [-0.39, 0.29) is 59.9 Å². The average Bonchev–Trinajstić information content (AvgIpc) is 3.55. The Morgan fingerprint density at radius 1 is 1.04 bits per heavy atom. The third-order valence-corrected chi connectivity index (χ3v) is 14.6. The number of likely N-dealkylation sites (N-methyl/N-ethyl adjacent to an activating group) is 1. The Morgan fingerprint density at radius 2 is 1.81 bits per heavy atom. The van der Waals surface area contributed by atoms with Gasteiger partial charge < -0.3 is 24.4 Å². The molecule has 1 saturated heterocycles. The summed E-state index contributed by atoms with van der Waals surface area (Å²) in [6.07, 6.45) is 2.57. The van der Waals surface area contributed by atoms with Gasteiger partial charge in [0.15, 0.2) is 5.78 Å². The Balaban J connectivity index is 1.31. The molecule has 4 bridgehead atoms. The molecule has 47 heavy (non-hydrogen) atoms. The number of Topliss-reactive ketones (excluding diaryl/α,β-unsaturated/α-hetero) is 1. The minimum Gasteiger partial charge on any atom is -0.454 e. The number of nitrogens with zero attached hydrogens (tertiary/aromatic N) is 1. The summed E-state index contributed by atoms with van der Waals surface area (Å²) >= 11 is 7.34. The Bertz CT molecular complexity index is 1530. The van der Waals surface area contributed by atoms with Gasteiger partial charge >= 0.3 is 5.97 Å². The van der Waals surface area contributed by atoms with E-state index in [1.54, 1.807) is 38.5 Å². The Kier molecular flexibility index (Phi) is 8.72. The van der Waals surface area contributed by atoms with E-state index in [1.807, 2.05) is 12.1 Å². The van der Waals surface area contributed by atoms with E-state index in [1.165, 1.54) is 11.3 Å². The van der Waals surface area contributed by atoms with E-state index in [9.17, 15) is 19.8 Å². The Hall–Kier alpha value is -1.85. The second-order valence-electron chi connectivity index (χ2n) is 15.1. The van der Waals surface area contributed by atoms with Crippen LogP contribution in [-0.2, 0) is 20.6 Å². The molecule has 1 aromatic carbocycles. The van der Waals surface area contributed by atoms with Gasteiger partial charge in [-0.05, 0) is 93.0 Å². The first-order valence-electron chi connectivity index (χ1n) is 17.3. The van der Waals surface area contributed by atoms with Gasteiger partial charge in [0.25, 0.3) is 0 Å². The van der Waals surface area contributed by atoms with Gasteiger partial charge in [0.1, 0.15) is 16.8 Å². The molecule has 8 nitrogen and oxygen atoms in total. The zero-order valence-electron chi connectivity index (χ0n) is 28.0. The monoisotopic (exact) mass is 685 g/mol. The molecule has 1 aliphatic heterocycles. The number of rotatable bonds is 8. The lowest BCUT2D eigenvalue weighted by atomic mass is 9.58. The largest absolute Gasteiger partial charge is 0.454 e. The molecule has 4 saturated carbocycles. The first kappa shape index (κ1) is 33.6. The van der Waals surface area contributed by atoms with Crippen molar-refractivity contribution in [3.63, 3.8) is 0 Å². The molecule has 4 aliphatic carbocycles. The molecule has 256 valence electrons. The SMILES string of the molecule is CCN1C[C@]2(OC(=O)c3ccccc3CC(=O)c3ccc(Cl)s3)CC[C@H](OC)C3C2C[C@@H]([C@@H]1C)[C@@]1(O)CC(C)[C@H]2CC3[C@]1(O)[C@H]2OC. The molecule has 5 aliphatic rings. The number of likely N-dealkylation sites (tertiary alicyclic amines) is 1. The molecule has 0 radical (unpaired) electrons. The van der Waals surface area contributed by atoms with Gasteiger partial charge in [-0.3, -0.25) is 9.69 Å². The third-order valence-electron chi connectivity index (χ3n) is 13.3. The molecular formula is C37H48ClNO7S. The van der Waals surface area contributed by atoms with Crippen LogP contribution < -0.4 is 0 Å². The van der Waals surface area contributed by atoms with Crippen LogP contribution in [0, 0.1) is 35.5 Å². The van der Waals surface area contributed by atoms with Crippen LogP contribution in [0.2, 0.25) is 4.34 Å². The zero-order valence-corrected chi connectivity index (χ0v) is 29.6. The number of hydrogen-bond donors (Lipinski definition) is 2. The van der Waals surface area contributed by atoms with Crippen LogP contribution in [0.4, 0.5) is 0 Å². The first-order chi connectivity index (χ1) is 22.4. The highest BCUT2D eigenvalue weighted by Crippen LogP contribution is 2.68. The smallest absolute Gasteiger partial charge is 0.339 e. The topological polar surface area (TPSA) is 106 Å². The average molecular weight is 686 g/mol. The molecule has 7 rings (SSSR count). The molecule has 2 heterocycles. The van der Waals surface area contributed by atoms with Crippen molar-refractivity contribution >= 4 is 34.7 Å². The summed E-state index contributed by atoms with van der Waals surface area (Å²) in [4.78, 5) is 30.5. The van der Waals surface area contributed by atoms with E-state index in [2.05, 4.69) is 25.7 Å². The van der Waals surface area contributed by atoms with Crippen LogP contribution in [-0.4, -0.2) is 89.2 Å². The standard InChI is InChI=1S/C37H48ClNO7S/c1-6-39-19-35(46-34(41)23-10-8-7-9-22(23)15-28(40)30-11-12-31(38)47-30)14-13-29(44-4)32-26(35)17-25(21(39)3)36(42)18-20(2)24-16-27(32)37(36,43)33(24)45-5/h7-12,20-21,24-27,29,32-33,42-43H,6,13-19H2,1-5H3/t20?,21-,24+,25-,26?,27?,29-,32?,33-,35+,36-,37-/m0/s1. The van der Waals surface area contributed by atoms with Crippen molar-refractivity contribution in [2.24, 2.45) is 35.5 Å². The van der Waals surface area contributed by atoms with Crippen molar-refractivity contribution in [1.82, 2.24) is 4.90 Å². The number of ether oxygens (including phenoxy) is 3. The van der Waals surface area contributed by atoms with Gasteiger partial charge in [-0.25, -0.2) is 4.79 Å². The van der Waals surface area contributed by atoms with Gasteiger partial charge in [0, 0.05) is 45.1 Å². The number of hydrogen-bond acceptors (Lipinski definition) is 9. The molecule has 0 spiro atoms. The zero-order chi connectivity index (χ0) is 33.5. The van der Waals surface area contributed by atoms with Crippen molar-refractivity contribution in [2.45, 2.75) is 94.3 Å². The molecule has 5 fully saturated rings. The number of thiophene rings is 1. The second-order valence-corrected chi connectivity index (χ2v) is 16.8. The quantitative estimate of drug-likeness (QED) is 0.271. The highest BCUT2D eigenvalue weighted by molar-refractivity contribution is 7.18. The van der Waals surface area contributed by atoms with Crippen LogP contribution >= 0.6 is 22.9 Å². The van der Waals surface area contributed by atoms with Crippen molar-refractivity contribution in [3.8, 4) is 0 Å². The lowest BCUT2D eigenvalue weighted by Gasteiger charge is -2.58. The number of ketones is 1. The van der Waals surface area contributed by atoms with Gasteiger partial charge in [-0.15, -0.1) is 11.3 Å².